The largest absolute Gasteiger partial charge is 0.497 e. The van der Waals surface area contributed by atoms with E-state index in [1.807, 2.05) is 41.5 Å². The fourth-order valence-electron chi connectivity index (χ4n) is 4.76. The summed E-state index contributed by atoms with van der Waals surface area (Å²) in [6.07, 6.45) is -2.65. The second-order valence-corrected chi connectivity index (χ2v) is 16.7. The molecular weight excluding hydrogens is 852 g/mol. The van der Waals surface area contributed by atoms with Gasteiger partial charge in [-0.1, -0.05) is 36.7 Å². The summed E-state index contributed by atoms with van der Waals surface area (Å²) in [4.78, 5) is 69.8. The molecule has 0 aromatic heterocycles. The van der Waals surface area contributed by atoms with Crippen molar-refractivity contribution in [1.82, 2.24) is 0 Å². The van der Waals surface area contributed by atoms with E-state index in [1.165, 1.54) is 4.90 Å². The summed E-state index contributed by atoms with van der Waals surface area (Å²) in [5.74, 6) is 0.222. The molecule has 0 aliphatic carbocycles. The Bertz CT molecular complexity index is 2090. The number of benzene rings is 4. The summed E-state index contributed by atoms with van der Waals surface area (Å²) >= 11 is 3.06. The molecule has 0 spiro atoms. The Kier molecular flexibility index (Phi) is 18.8. The number of hydrogen-bond acceptors (Lipinski definition) is 8. The number of nitrogens with zero attached hydrogens (tertiary/aromatic N) is 1. The molecule has 0 bridgehead atoms. The van der Waals surface area contributed by atoms with Crippen molar-refractivity contribution in [2.24, 2.45) is 5.41 Å². The molecule has 16 nitrogen and oxygen atoms in total. The van der Waals surface area contributed by atoms with Gasteiger partial charge >= 0.3 is 18.3 Å². The standard InChI is InChI=1S/C19H22N2O4.C13H17BrN2O3.C12H16N2O3/c1-19(2,3)25-18(23)21-15-9-7-14(8-10-15)20-17(22)13-5-11-16(24-4)12-6-13;1-13(2,3)16(12(18)19)10-6-4-9(5-7-10)15-11(17)8-14;1-12(2,3)10(15)13-8-4-6-9(7-5-8)14-11(16)17/h5-12H,1-4H3,(H,20,22)(H,21,23);4-7H,8H2,1-3H3,(H,15,17)(H,18,19);4-7,14H,1-3H3,(H,13,15)(H,16,17). The van der Waals surface area contributed by atoms with Crippen LogP contribution in [0.3, 0.4) is 0 Å². The molecule has 0 unspecified atom stereocenters. The van der Waals surface area contributed by atoms with E-state index in [-0.39, 0.29) is 23.1 Å². The van der Waals surface area contributed by atoms with E-state index in [4.69, 9.17) is 14.6 Å². The predicted molar refractivity (Wildman–Crippen MR) is 243 cm³/mol. The Balaban J connectivity index is 0.000000323. The summed E-state index contributed by atoms with van der Waals surface area (Å²) in [5, 5.41) is 31.1. The molecule has 4 aromatic rings. The first-order valence-corrected chi connectivity index (χ1v) is 19.9. The maximum absolute atomic E-state index is 12.2. The number of nitrogens with one attached hydrogen (secondary N) is 5. The third-order valence-corrected chi connectivity index (χ3v) is 8.12. The summed E-state index contributed by atoms with van der Waals surface area (Å²) in [5.41, 5.74) is 2.47. The smallest absolute Gasteiger partial charge is 0.412 e. The summed E-state index contributed by atoms with van der Waals surface area (Å²) < 4.78 is 10.2. The normalized spacial score (nSPS) is 10.8. The van der Waals surface area contributed by atoms with Crippen molar-refractivity contribution in [2.75, 3.05) is 43.9 Å². The monoisotopic (exact) mass is 906 g/mol. The summed E-state index contributed by atoms with van der Waals surface area (Å²) in [7, 11) is 1.57. The van der Waals surface area contributed by atoms with E-state index >= 15 is 0 Å². The molecule has 0 fully saturated rings. The number of carboxylic acid groups (broad SMARTS) is 2. The molecule has 328 valence electrons. The van der Waals surface area contributed by atoms with Crippen LogP contribution in [0.2, 0.25) is 0 Å². The molecule has 0 radical (unpaired) electrons. The van der Waals surface area contributed by atoms with Gasteiger partial charge in [-0.3, -0.25) is 29.9 Å². The van der Waals surface area contributed by atoms with E-state index in [0.29, 0.717) is 45.4 Å². The lowest BCUT2D eigenvalue weighted by Crippen LogP contribution is -2.45. The van der Waals surface area contributed by atoms with Crippen LogP contribution in [0.15, 0.2) is 97.1 Å². The summed E-state index contributed by atoms with van der Waals surface area (Å²) in [6.45, 7) is 16.3. The SMILES string of the molecule is CC(C)(C)C(=O)Nc1ccc(NC(=O)O)cc1.CC(C)(C)N(C(=O)O)c1ccc(NC(=O)CBr)cc1.COc1ccc(C(=O)Nc2ccc(NC(=O)OC(C)(C)C)cc2)cc1. The Morgan fingerprint density at radius 3 is 1.41 bits per heavy atom. The molecule has 6 amide bonds. The number of alkyl halides is 1. The molecule has 7 N–H and O–H groups in total. The number of rotatable bonds is 9. The first kappa shape index (κ1) is 50.5. The number of amides is 6. The lowest BCUT2D eigenvalue weighted by molar-refractivity contribution is -0.123. The van der Waals surface area contributed by atoms with Gasteiger partial charge in [0.1, 0.15) is 11.4 Å². The molecule has 17 heteroatoms. The van der Waals surface area contributed by atoms with Crippen molar-refractivity contribution < 1.29 is 48.5 Å². The van der Waals surface area contributed by atoms with Crippen LogP contribution in [0.1, 0.15) is 72.7 Å². The number of methoxy groups -OCH3 is 1. The van der Waals surface area contributed by atoms with Crippen molar-refractivity contribution >= 4 is 86.1 Å². The third-order valence-electron chi connectivity index (χ3n) is 7.61. The van der Waals surface area contributed by atoms with Crippen LogP contribution in [0, 0.1) is 5.41 Å². The Morgan fingerprint density at radius 2 is 1.02 bits per heavy atom. The van der Waals surface area contributed by atoms with Gasteiger partial charge in [0.25, 0.3) is 5.91 Å². The van der Waals surface area contributed by atoms with Gasteiger partial charge in [0.15, 0.2) is 0 Å². The van der Waals surface area contributed by atoms with Crippen molar-refractivity contribution in [3.63, 3.8) is 0 Å². The van der Waals surface area contributed by atoms with Gasteiger partial charge in [-0.05, 0) is 139 Å². The summed E-state index contributed by atoms with van der Waals surface area (Å²) in [6, 6.07) is 26.8. The highest BCUT2D eigenvalue weighted by Gasteiger charge is 2.27. The van der Waals surface area contributed by atoms with Crippen molar-refractivity contribution in [2.45, 2.75) is 73.5 Å². The number of carbonyl (C=O) groups excluding carboxylic acids is 4. The van der Waals surface area contributed by atoms with Crippen LogP contribution in [0.4, 0.5) is 48.5 Å². The number of ether oxygens (including phenoxy) is 2. The van der Waals surface area contributed by atoms with Gasteiger partial charge in [-0.25, -0.2) is 14.4 Å². The second kappa shape index (κ2) is 22.7. The van der Waals surface area contributed by atoms with E-state index < -0.39 is 34.8 Å². The zero-order chi connectivity index (χ0) is 46.1. The Labute approximate surface area is 364 Å². The van der Waals surface area contributed by atoms with Crippen molar-refractivity contribution in [3.8, 4) is 5.75 Å². The maximum Gasteiger partial charge on any atom is 0.412 e. The third kappa shape index (κ3) is 18.9. The van der Waals surface area contributed by atoms with E-state index in [0.717, 1.165) is 0 Å². The van der Waals surface area contributed by atoms with Crippen LogP contribution >= 0.6 is 15.9 Å². The molecule has 0 aliphatic rings. The van der Waals surface area contributed by atoms with Crippen LogP contribution in [0.5, 0.6) is 5.75 Å². The zero-order valence-corrected chi connectivity index (χ0v) is 37.5. The van der Waals surface area contributed by atoms with E-state index in [2.05, 4.69) is 42.5 Å². The van der Waals surface area contributed by atoms with Crippen molar-refractivity contribution in [3.05, 3.63) is 103 Å². The molecule has 61 heavy (non-hydrogen) atoms. The molecule has 0 saturated heterocycles. The average Bonchev–Trinajstić information content (AvgIpc) is 3.15. The first-order chi connectivity index (χ1) is 28.3. The van der Waals surface area contributed by atoms with Crippen LogP contribution in [-0.4, -0.2) is 69.8 Å². The van der Waals surface area contributed by atoms with Gasteiger partial charge in [-0.2, -0.15) is 0 Å². The lowest BCUT2D eigenvalue weighted by Gasteiger charge is -2.33. The lowest BCUT2D eigenvalue weighted by atomic mass is 9.95. The molecule has 0 aliphatic heterocycles. The molecule has 0 atom stereocenters. The number of carbonyl (C=O) groups is 6. The highest BCUT2D eigenvalue weighted by molar-refractivity contribution is 9.09. The van der Waals surface area contributed by atoms with Gasteiger partial charge in [0, 0.05) is 50.6 Å². The number of anilines is 6. The van der Waals surface area contributed by atoms with Gasteiger partial charge < -0.3 is 35.6 Å². The van der Waals surface area contributed by atoms with Gasteiger partial charge in [0.05, 0.1) is 12.4 Å². The van der Waals surface area contributed by atoms with Crippen LogP contribution in [-0.2, 0) is 14.3 Å². The fourth-order valence-corrected chi connectivity index (χ4v) is 4.90. The van der Waals surface area contributed by atoms with Crippen LogP contribution in [0.25, 0.3) is 0 Å². The zero-order valence-electron chi connectivity index (χ0n) is 35.9. The van der Waals surface area contributed by atoms with Crippen molar-refractivity contribution in [1.29, 1.82) is 0 Å². The average molecular weight is 908 g/mol. The molecule has 4 rings (SSSR count). The number of halogens is 1. The minimum absolute atomic E-state index is 0.0866. The predicted octanol–water partition coefficient (Wildman–Crippen LogP) is 10.4. The van der Waals surface area contributed by atoms with Crippen LogP contribution < -0.4 is 36.2 Å². The fraction of sp³-hybridized carbons (Fsp3) is 0.318. The Hall–Kier alpha value is -6.62. The minimum Gasteiger partial charge on any atom is -0.497 e. The number of hydrogen-bond donors (Lipinski definition) is 7. The maximum atomic E-state index is 12.2. The molecular formula is C44H55BrN6O10. The highest BCUT2D eigenvalue weighted by atomic mass is 79.9. The quantitative estimate of drug-likeness (QED) is 0.0787. The Morgan fingerprint density at radius 1 is 0.590 bits per heavy atom. The van der Waals surface area contributed by atoms with E-state index in [1.54, 1.807) is 125 Å². The van der Waals surface area contributed by atoms with Gasteiger partial charge in [-0.15, -0.1) is 0 Å². The molecule has 4 aromatic carbocycles. The van der Waals surface area contributed by atoms with E-state index in [9.17, 15) is 33.9 Å². The first-order valence-electron chi connectivity index (χ1n) is 18.8. The molecule has 0 heterocycles. The topological polar surface area (TPSA) is 225 Å². The second-order valence-electron chi connectivity index (χ2n) is 16.1. The highest BCUT2D eigenvalue weighted by Crippen LogP contribution is 2.26. The molecule has 0 saturated carbocycles. The minimum atomic E-state index is -1.11. The van der Waals surface area contributed by atoms with Gasteiger partial charge in [0.2, 0.25) is 11.8 Å².